The van der Waals surface area contributed by atoms with Gasteiger partial charge in [-0.1, -0.05) is 53.8 Å². The fraction of sp³-hybridized carbons (Fsp3) is 0.150. The molecule has 2 aromatic carbocycles. The van der Waals surface area contributed by atoms with E-state index in [4.69, 9.17) is 38.4 Å². The quantitative estimate of drug-likeness (QED) is 0.501. The highest BCUT2D eigenvalue weighted by molar-refractivity contribution is 8.26. The first kappa shape index (κ1) is 21.2. The number of halogens is 1. The zero-order chi connectivity index (χ0) is 21.0. The van der Waals surface area contributed by atoms with Gasteiger partial charge in [-0.25, -0.2) is 0 Å². The van der Waals surface area contributed by atoms with Crippen molar-refractivity contribution in [3.63, 3.8) is 0 Å². The second kappa shape index (κ2) is 9.30. The Labute approximate surface area is 182 Å². The number of thioether (sulfide) groups is 1. The molecule has 9 heteroatoms. The summed E-state index contributed by atoms with van der Waals surface area (Å²) in [6.07, 6.45) is 1.65. The minimum Gasteiger partial charge on any atom is -0.493 e. The number of nitrogens with zero attached hydrogens (tertiary/aromatic N) is 1. The van der Waals surface area contributed by atoms with Crippen molar-refractivity contribution in [1.29, 1.82) is 0 Å². The van der Waals surface area contributed by atoms with Crippen LogP contribution in [0.2, 0.25) is 5.02 Å². The summed E-state index contributed by atoms with van der Waals surface area (Å²) in [5.74, 6) is -0.488. The van der Waals surface area contributed by atoms with Crippen LogP contribution < -0.4 is 9.47 Å². The van der Waals surface area contributed by atoms with E-state index < -0.39 is 18.4 Å². The van der Waals surface area contributed by atoms with E-state index >= 15 is 0 Å². The minimum atomic E-state index is -1.12. The fourth-order valence-electron chi connectivity index (χ4n) is 2.56. The number of carboxylic acid groups (broad SMARTS) is 1. The number of hydrogen-bond acceptors (Lipinski definition) is 6. The summed E-state index contributed by atoms with van der Waals surface area (Å²) in [5.41, 5.74) is 1.64. The molecule has 0 unspecified atom stereocenters. The third-order valence-electron chi connectivity index (χ3n) is 3.96. The molecular formula is C20H16ClNO5S2. The van der Waals surface area contributed by atoms with E-state index in [1.165, 1.54) is 0 Å². The van der Waals surface area contributed by atoms with E-state index in [0.29, 0.717) is 33.6 Å². The molecule has 0 saturated carbocycles. The first-order valence-electron chi connectivity index (χ1n) is 8.40. The number of carboxylic acids is 1. The highest BCUT2D eigenvalue weighted by Gasteiger charge is 2.33. The molecule has 0 aliphatic carbocycles. The summed E-state index contributed by atoms with van der Waals surface area (Å²) >= 11 is 12.1. The highest BCUT2D eigenvalue weighted by atomic mass is 35.5. The molecule has 1 aliphatic heterocycles. The van der Waals surface area contributed by atoms with Crippen LogP contribution in [-0.4, -0.2) is 39.9 Å². The van der Waals surface area contributed by atoms with Crippen molar-refractivity contribution in [3.8, 4) is 11.5 Å². The van der Waals surface area contributed by atoms with Gasteiger partial charge < -0.3 is 14.6 Å². The van der Waals surface area contributed by atoms with Gasteiger partial charge in [0.1, 0.15) is 17.5 Å². The van der Waals surface area contributed by atoms with Crippen LogP contribution in [0, 0.1) is 0 Å². The summed E-state index contributed by atoms with van der Waals surface area (Å²) < 4.78 is 11.4. The Morgan fingerprint density at radius 1 is 1.24 bits per heavy atom. The molecule has 0 spiro atoms. The third-order valence-corrected chi connectivity index (χ3v) is 5.59. The van der Waals surface area contributed by atoms with Gasteiger partial charge in [0.2, 0.25) is 0 Å². The molecule has 0 radical (unpaired) electrons. The Morgan fingerprint density at radius 3 is 2.62 bits per heavy atom. The Morgan fingerprint density at radius 2 is 1.97 bits per heavy atom. The van der Waals surface area contributed by atoms with E-state index in [-0.39, 0.29) is 4.32 Å². The van der Waals surface area contributed by atoms with Crippen molar-refractivity contribution < 1.29 is 24.2 Å². The number of amides is 1. The number of carbonyl (C=O) groups excluding carboxylic acids is 1. The summed E-state index contributed by atoms with van der Waals surface area (Å²) in [6.45, 7) is -0.141. The molecule has 0 bridgehead atoms. The van der Waals surface area contributed by atoms with Gasteiger partial charge in [0, 0.05) is 5.02 Å². The van der Waals surface area contributed by atoms with Gasteiger partial charge in [0.05, 0.1) is 12.0 Å². The molecule has 2 aromatic rings. The van der Waals surface area contributed by atoms with Crippen molar-refractivity contribution in [1.82, 2.24) is 4.90 Å². The summed E-state index contributed by atoms with van der Waals surface area (Å²) in [6, 6.07) is 12.6. The van der Waals surface area contributed by atoms with Crippen LogP contribution in [-0.2, 0) is 16.2 Å². The molecule has 0 atom stereocenters. The number of aliphatic carboxylic acids is 1. The first-order valence-corrected chi connectivity index (χ1v) is 10.00. The third kappa shape index (κ3) is 5.29. The first-order chi connectivity index (χ1) is 13.9. The van der Waals surface area contributed by atoms with E-state index in [2.05, 4.69) is 0 Å². The van der Waals surface area contributed by atoms with Crippen molar-refractivity contribution in [3.05, 3.63) is 63.5 Å². The van der Waals surface area contributed by atoms with Gasteiger partial charge >= 0.3 is 5.97 Å². The molecule has 1 amide bonds. The minimum absolute atomic E-state index is 0.219. The van der Waals surface area contributed by atoms with Gasteiger partial charge in [-0.05, 0) is 41.5 Å². The number of methoxy groups -OCH3 is 1. The number of ether oxygens (including phenoxy) is 2. The van der Waals surface area contributed by atoms with Crippen molar-refractivity contribution in [2.24, 2.45) is 0 Å². The number of benzene rings is 2. The Hall–Kier alpha value is -2.55. The topological polar surface area (TPSA) is 76.1 Å². The molecule has 1 saturated heterocycles. The van der Waals surface area contributed by atoms with Crippen molar-refractivity contribution in [2.75, 3.05) is 13.7 Å². The summed E-state index contributed by atoms with van der Waals surface area (Å²) in [4.78, 5) is 24.8. The van der Waals surface area contributed by atoms with Crippen LogP contribution in [0.5, 0.6) is 11.5 Å². The lowest BCUT2D eigenvalue weighted by atomic mass is 10.1. The molecule has 1 heterocycles. The molecule has 0 aromatic heterocycles. The Balaban J connectivity index is 1.80. The average molecular weight is 450 g/mol. The van der Waals surface area contributed by atoms with Gasteiger partial charge in [0.15, 0.2) is 11.5 Å². The molecule has 1 aliphatic rings. The average Bonchev–Trinajstić information content (AvgIpc) is 2.94. The maximum atomic E-state index is 12.4. The predicted octanol–water partition coefficient (Wildman–Crippen LogP) is 4.21. The number of thiocarbonyl (C=S) groups is 1. The van der Waals surface area contributed by atoms with Crippen LogP contribution in [0.25, 0.3) is 6.08 Å². The Kier molecular flexibility index (Phi) is 6.79. The normalized spacial score (nSPS) is 15.1. The smallest absolute Gasteiger partial charge is 0.323 e. The van der Waals surface area contributed by atoms with E-state index in [1.807, 2.05) is 12.1 Å². The number of rotatable bonds is 7. The van der Waals surface area contributed by atoms with Crippen LogP contribution in [0.1, 0.15) is 11.1 Å². The molecule has 1 fully saturated rings. The summed E-state index contributed by atoms with van der Waals surface area (Å²) in [5, 5.41) is 9.57. The largest absolute Gasteiger partial charge is 0.493 e. The molecular weight excluding hydrogens is 434 g/mol. The number of carbonyl (C=O) groups is 2. The van der Waals surface area contributed by atoms with Crippen molar-refractivity contribution in [2.45, 2.75) is 6.61 Å². The van der Waals surface area contributed by atoms with Crippen LogP contribution in [0.15, 0.2) is 47.4 Å². The van der Waals surface area contributed by atoms with Crippen LogP contribution in [0.3, 0.4) is 0 Å². The lowest BCUT2D eigenvalue weighted by Gasteiger charge is -2.12. The zero-order valence-electron chi connectivity index (χ0n) is 15.3. The molecule has 1 N–H and O–H groups in total. The number of hydrogen-bond donors (Lipinski definition) is 1. The lowest BCUT2D eigenvalue weighted by molar-refractivity contribution is -0.140. The summed E-state index contributed by atoms with van der Waals surface area (Å²) in [7, 11) is 1.54. The lowest BCUT2D eigenvalue weighted by Crippen LogP contribution is -2.33. The van der Waals surface area contributed by atoms with Gasteiger partial charge in [-0.2, -0.15) is 0 Å². The molecule has 3 rings (SSSR count). The second-order valence-corrected chi connectivity index (χ2v) is 8.10. The zero-order valence-corrected chi connectivity index (χ0v) is 17.6. The second-order valence-electron chi connectivity index (χ2n) is 5.99. The molecule has 29 heavy (non-hydrogen) atoms. The Bertz CT molecular complexity index is 991. The van der Waals surface area contributed by atoms with Crippen molar-refractivity contribution >= 4 is 57.9 Å². The van der Waals surface area contributed by atoms with Gasteiger partial charge in [0.25, 0.3) is 5.91 Å². The van der Waals surface area contributed by atoms with Crippen LogP contribution >= 0.6 is 35.6 Å². The fourth-order valence-corrected chi connectivity index (χ4v) is 3.94. The standard InChI is InChI=1S/C20H16ClNO5S2/c1-26-15-7-4-13(8-16(15)27-11-12-2-5-14(21)6-3-12)9-17-19(25)22(10-18(23)24)20(28)29-17/h2-9H,10-11H2,1H3,(H,23,24)/b17-9+. The van der Waals surface area contributed by atoms with Gasteiger partial charge in [-0.15, -0.1) is 0 Å². The SMILES string of the molecule is COc1ccc(/C=C2/SC(=S)N(CC(=O)O)C2=O)cc1OCc1ccc(Cl)cc1. The maximum Gasteiger partial charge on any atom is 0.323 e. The molecule has 6 nitrogen and oxygen atoms in total. The predicted molar refractivity (Wildman–Crippen MR) is 116 cm³/mol. The van der Waals surface area contributed by atoms with E-state index in [9.17, 15) is 9.59 Å². The molecule has 150 valence electrons. The monoisotopic (exact) mass is 449 g/mol. The maximum absolute atomic E-state index is 12.4. The van der Waals surface area contributed by atoms with Gasteiger partial charge in [-0.3, -0.25) is 14.5 Å². The van der Waals surface area contributed by atoms with E-state index in [1.54, 1.807) is 43.5 Å². The highest BCUT2D eigenvalue weighted by Crippen LogP contribution is 2.35. The van der Waals surface area contributed by atoms with E-state index in [0.717, 1.165) is 22.2 Å². The van der Waals surface area contributed by atoms with Crippen LogP contribution in [0.4, 0.5) is 0 Å².